The largest absolute Gasteiger partial charge is 0.308 e. The Morgan fingerprint density at radius 3 is 2.53 bits per heavy atom. The quantitative estimate of drug-likeness (QED) is 0.850. The van der Waals surface area contributed by atoms with E-state index in [1.165, 1.54) is 41.5 Å². The minimum atomic E-state index is 0.266. The zero-order chi connectivity index (χ0) is 13.9. The van der Waals surface area contributed by atoms with Crippen LogP contribution in [0.25, 0.3) is 0 Å². The molecule has 0 aromatic carbocycles. The van der Waals surface area contributed by atoms with Crippen LogP contribution < -0.4 is 5.32 Å². The molecule has 1 heterocycles. The van der Waals surface area contributed by atoms with Crippen molar-refractivity contribution < 1.29 is 0 Å². The lowest BCUT2D eigenvalue weighted by Gasteiger charge is -2.48. The van der Waals surface area contributed by atoms with Crippen molar-refractivity contribution >= 4 is 27.3 Å². The molecular formula is C15H25BrN2S. The Hall–Kier alpha value is 0.1000. The highest BCUT2D eigenvalue weighted by Gasteiger charge is 2.43. The summed E-state index contributed by atoms with van der Waals surface area (Å²) in [6.07, 6.45) is 6.68. The molecule has 0 bridgehead atoms. The van der Waals surface area contributed by atoms with Gasteiger partial charge in [-0.25, -0.2) is 0 Å². The number of hydrogen-bond donors (Lipinski definition) is 1. The molecule has 1 aliphatic rings. The van der Waals surface area contributed by atoms with Gasteiger partial charge >= 0.3 is 0 Å². The maximum atomic E-state index is 3.76. The van der Waals surface area contributed by atoms with Crippen molar-refractivity contribution in [3.63, 3.8) is 0 Å². The molecule has 1 saturated carbocycles. The molecule has 108 valence electrons. The Morgan fingerprint density at radius 1 is 1.37 bits per heavy atom. The van der Waals surface area contributed by atoms with E-state index in [1.807, 2.05) is 11.3 Å². The van der Waals surface area contributed by atoms with Crippen molar-refractivity contribution in [2.24, 2.45) is 0 Å². The number of rotatable bonds is 5. The highest BCUT2D eigenvalue weighted by atomic mass is 79.9. The molecule has 0 radical (unpaired) electrons. The third-order valence-electron chi connectivity index (χ3n) is 4.46. The molecule has 1 unspecified atom stereocenters. The van der Waals surface area contributed by atoms with E-state index in [9.17, 15) is 0 Å². The van der Waals surface area contributed by atoms with E-state index in [2.05, 4.69) is 58.6 Å². The Morgan fingerprint density at radius 2 is 2.05 bits per heavy atom. The normalized spacial score (nSPS) is 20.7. The predicted octanol–water partition coefficient (Wildman–Crippen LogP) is 4.43. The van der Waals surface area contributed by atoms with Gasteiger partial charge in [0.2, 0.25) is 0 Å². The zero-order valence-electron chi connectivity index (χ0n) is 12.2. The SMILES string of the molecule is CCNC(c1sccc1Br)C1(N(C)C)CCCCC1. The van der Waals surface area contributed by atoms with Gasteiger partial charge in [-0.1, -0.05) is 26.2 Å². The third kappa shape index (κ3) is 3.07. The Balaban J connectivity index is 2.37. The Labute approximate surface area is 129 Å². The lowest BCUT2D eigenvalue weighted by Crippen LogP contribution is -2.54. The number of halogens is 1. The van der Waals surface area contributed by atoms with Crippen LogP contribution in [-0.2, 0) is 0 Å². The van der Waals surface area contributed by atoms with E-state index in [0.717, 1.165) is 6.54 Å². The van der Waals surface area contributed by atoms with E-state index < -0.39 is 0 Å². The van der Waals surface area contributed by atoms with Gasteiger partial charge in [0.25, 0.3) is 0 Å². The van der Waals surface area contributed by atoms with Gasteiger partial charge in [-0.2, -0.15) is 0 Å². The Bertz CT molecular complexity index is 397. The second-order valence-corrected chi connectivity index (χ2v) is 7.48. The summed E-state index contributed by atoms with van der Waals surface area (Å²) < 4.78 is 1.26. The van der Waals surface area contributed by atoms with E-state index in [1.54, 1.807) is 0 Å². The smallest absolute Gasteiger partial charge is 0.0612 e. The summed E-state index contributed by atoms with van der Waals surface area (Å²) in [5.74, 6) is 0. The summed E-state index contributed by atoms with van der Waals surface area (Å²) in [5, 5.41) is 5.95. The maximum absolute atomic E-state index is 3.76. The lowest BCUT2D eigenvalue weighted by atomic mass is 9.74. The first-order valence-corrected chi connectivity index (χ1v) is 8.93. The minimum absolute atomic E-state index is 0.266. The summed E-state index contributed by atoms with van der Waals surface area (Å²) in [6.45, 7) is 3.23. The van der Waals surface area contributed by atoms with Crippen LogP contribution in [0.4, 0.5) is 0 Å². The van der Waals surface area contributed by atoms with Gasteiger partial charge in [0.1, 0.15) is 0 Å². The fourth-order valence-corrected chi connectivity index (χ4v) is 5.19. The standard InChI is InChI=1S/C15H25BrN2S/c1-4-17-14(13-12(16)8-11-19-13)15(18(2)3)9-6-5-7-10-15/h8,11,14,17H,4-7,9-10H2,1-3H3. The van der Waals surface area contributed by atoms with Crippen molar-refractivity contribution in [1.29, 1.82) is 0 Å². The van der Waals surface area contributed by atoms with Gasteiger partial charge in [-0.05, 0) is 60.9 Å². The van der Waals surface area contributed by atoms with Crippen molar-refractivity contribution in [2.45, 2.75) is 50.6 Å². The van der Waals surface area contributed by atoms with Gasteiger partial charge in [0.05, 0.1) is 6.04 Å². The highest BCUT2D eigenvalue weighted by molar-refractivity contribution is 9.10. The molecule has 0 amide bonds. The molecule has 1 atom stereocenters. The topological polar surface area (TPSA) is 15.3 Å². The molecule has 2 rings (SSSR count). The van der Waals surface area contributed by atoms with Crippen molar-refractivity contribution in [3.05, 3.63) is 20.8 Å². The van der Waals surface area contributed by atoms with Crippen LogP contribution in [-0.4, -0.2) is 31.1 Å². The molecule has 0 saturated heterocycles. The molecule has 0 aliphatic heterocycles. The number of likely N-dealkylation sites (N-methyl/N-ethyl adjacent to an activating group) is 2. The maximum Gasteiger partial charge on any atom is 0.0612 e. The summed E-state index contributed by atoms with van der Waals surface area (Å²) in [7, 11) is 4.49. The number of hydrogen-bond acceptors (Lipinski definition) is 3. The summed E-state index contributed by atoms with van der Waals surface area (Å²) >= 11 is 5.60. The van der Waals surface area contributed by atoms with Crippen LogP contribution in [0.2, 0.25) is 0 Å². The summed E-state index contributed by atoms with van der Waals surface area (Å²) in [4.78, 5) is 3.92. The molecule has 4 heteroatoms. The van der Waals surface area contributed by atoms with Gasteiger partial charge < -0.3 is 10.2 Å². The number of thiophene rings is 1. The van der Waals surface area contributed by atoms with Gasteiger partial charge in [-0.3, -0.25) is 0 Å². The van der Waals surface area contributed by atoms with Crippen molar-refractivity contribution in [2.75, 3.05) is 20.6 Å². The van der Waals surface area contributed by atoms with Gasteiger partial charge in [-0.15, -0.1) is 11.3 Å². The van der Waals surface area contributed by atoms with E-state index in [-0.39, 0.29) is 5.54 Å². The summed E-state index contributed by atoms with van der Waals surface area (Å²) in [5.41, 5.74) is 0.266. The third-order valence-corrected chi connectivity index (χ3v) is 6.40. The first-order valence-electron chi connectivity index (χ1n) is 7.25. The van der Waals surface area contributed by atoms with Crippen LogP contribution >= 0.6 is 27.3 Å². The average molecular weight is 345 g/mol. The fraction of sp³-hybridized carbons (Fsp3) is 0.733. The fourth-order valence-electron chi connectivity index (χ4n) is 3.40. The van der Waals surface area contributed by atoms with E-state index in [0.29, 0.717) is 6.04 Å². The second kappa shape index (κ2) is 6.70. The van der Waals surface area contributed by atoms with Crippen LogP contribution in [0, 0.1) is 0 Å². The van der Waals surface area contributed by atoms with E-state index in [4.69, 9.17) is 0 Å². The number of nitrogens with one attached hydrogen (secondary N) is 1. The first-order chi connectivity index (χ1) is 9.12. The molecule has 19 heavy (non-hydrogen) atoms. The summed E-state index contributed by atoms with van der Waals surface area (Å²) in [6, 6.07) is 2.61. The van der Waals surface area contributed by atoms with Crippen LogP contribution in [0.15, 0.2) is 15.9 Å². The minimum Gasteiger partial charge on any atom is -0.308 e. The molecule has 1 aromatic rings. The monoisotopic (exact) mass is 344 g/mol. The zero-order valence-corrected chi connectivity index (χ0v) is 14.6. The van der Waals surface area contributed by atoms with Crippen molar-refractivity contribution in [1.82, 2.24) is 10.2 Å². The van der Waals surface area contributed by atoms with Gasteiger partial charge in [0.15, 0.2) is 0 Å². The molecule has 2 nitrogen and oxygen atoms in total. The number of nitrogens with zero attached hydrogens (tertiary/aromatic N) is 1. The van der Waals surface area contributed by atoms with Crippen LogP contribution in [0.1, 0.15) is 49.9 Å². The van der Waals surface area contributed by atoms with E-state index >= 15 is 0 Å². The molecule has 1 N–H and O–H groups in total. The molecule has 1 aromatic heterocycles. The lowest BCUT2D eigenvalue weighted by molar-refractivity contribution is 0.0581. The molecule has 0 spiro atoms. The van der Waals surface area contributed by atoms with Gasteiger partial charge in [0, 0.05) is 14.9 Å². The van der Waals surface area contributed by atoms with Crippen LogP contribution in [0.5, 0.6) is 0 Å². The second-order valence-electron chi connectivity index (χ2n) is 5.68. The highest BCUT2D eigenvalue weighted by Crippen LogP contribution is 2.45. The first kappa shape index (κ1) is 15.5. The van der Waals surface area contributed by atoms with Crippen molar-refractivity contribution in [3.8, 4) is 0 Å². The molecular weight excluding hydrogens is 320 g/mol. The Kier molecular flexibility index (Phi) is 5.46. The average Bonchev–Trinajstić information content (AvgIpc) is 2.82. The molecule has 1 aliphatic carbocycles. The van der Waals surface area contributed by atoms with Crippen LogP contribution in [0.3, 0.4) is 0 Å². The molecule has 1 fully saturated rings. The predicted molar refractivity (Wildman–Crippen MR) is 87.9 cm³/mol.